The van der Waals surface area contributed by atoms with E-state index in [0.29, 0.717) is 12.5 Å². The number of pyridine rings is 1. The standard InChI is InChI=1S/C17H25N5O2/c1-12-18-16(21-20-12)14-11-22(8-9-23-14)10-13-6-5-7-15(19-13)24-17(2,3)4/h5-7,14H,8-11H2,1-4H3,(H,18,20,21)/t14-/m0/s1. The van der Waals surface area contributed by atoms with Gasteiger partial charge in [0.15, 0.2) is 5.82 Å². The van der Waals surface area contributed by atoms with E-state index in [0.717, 1.165) is 37.0 Å². The molecule has 1 atom stereocenters. The van der Waals surface area contributed by atoms with E-state index in [4.69, 9.17) is 9.47 Å². The molecule has 130 valence electrons. The van der Waals surface area contributed by atoms with Crippen LogP contribution in [0, 0.1) is 6.92 Å². The second-order valence-corrected chi connectivity index (χ2v) is 7.06. The maximum atomic E-state index is 5.85. The van der Waals surface area contributed by atoms with Gasteiger partial charge in [-0.15, -0.1) is 0 Å². The number of hydrogen-bond donors (Lipinski definition) is 1. The minimum Gasteiger partial charge on any atom is -0.472 e. The Bertz CT molecular complexity index is 680. The van der Waals surface area contributed by atoms with Crippen LogP contribution in [0.4, 0.5) is 0 Å². The van der Waals surface area contributed by atoms with Gasteiger partial charge in [-0.05, 0) is 33.8 Å². The van der Waals surface area contributed by atoms with Gasteiger partial charge in [0.05, 0.1) is 12.3 Å². The average molecular weight is 331 g/mol. The molecule has 1 aliphatic rings. The topological polar surface area (TPSA) is 76.2 Å². The van der Waals surface area contributed by atoms with Crippen molar-refractivity contribution in [3.8, 4) is 5.88 Å². The van der Waals surface area contributed by atoms with Crippen LogP contribution in [0.1, 0.15) is 44.2 Å². The van der Waals surface area contributed by atoms with Gasteiger partial charge in [0, 0.05) is 25.7 Å². The molecule has 0 amide bonds. The summed E-state index contributed by atoms with van der Waals surface area (Å²) >= 11 is 0. The van der Waals surface area contributed by atoms with Crippen molar-refractivity contribution in [2.45, 2.75) is 45.9 Å². The number of morpholine rings is 1. The number of hydrogen-bond acceptors (Lipinski definition) is 6. The SMILES string of the molecule is Cc1nc([C@@H]2CN(Cc3cccc(OC(C)(C)C)n3)CCO2)n[nH]1. The summed E-state index contributed by atoms with van der Waals surface area (Å²) in [4.78, 5) is 11.3. The Kier molecular flexibility index (Phi) is 4.82. The molecule has 7 nitrogen and oxygen atoms in total. The van der Waals surface area contributed by atoms with Crippen molar-refractivity contribution in [3.05, 3.63) is 35.5 Å². The van der Waals surface area contributed by atoms with Crippen molar-refractivity contribution in [1.29, 1.82) is 0 Å². The quantitative estimate of drug-likeness (QED) is 0.926. The van der Waals surface area contributed by atoms with Crippen LogP contribution in [-0.2, 0) is 11.3 Å². The Hall–Kier alpha value is -1.99. The second-order valence-electron chi connectivity index (χ2n) is 7.06. The Balaban J connectivity index is 1.64. The van der Waals surface area contributed by atoms with Crippen molar-refractivity contribution in [1.82, 2.24) is 25.1 Å². The molecule has 3 heterocycles. The number of aromatic amines is 1. The van der Waals surface area contributed by atoms with E-state index in [-0.39, 0.29) is 11.7 Å². The smallest absolute Gasteiger partial charge is 0.213 e. The number of nitrogens with one attached hydrogen (secondary N) is 1. The molecule has 1 N–H and O–H groups in total. The Morgan fingerprint density at radius 3 is 2.88 bits per heavy atom. The van der Waals surface area contributed by atoms with E-state index in [1.165, 1.54) is 0 Å². The van der Waals surface area contributed by atoms with Gasteiger partial charge in [-0.2, -0.15) is 5.10 Å². The third-order valence-corrected chi connectivity index (χ3v) is 3.63. The van der Waals surface area contributed by atoms with E-state index in [2.05, 4.69) is 25.1 Å². The lowest BCUT2D eigenvalue weighted by atomic mass is 10.2. The predicted molar refractivity (Wildman–Crippen MR) is 89.7 cm³/mol. The Morgan fingerprint density at radius 2 is 2.17 bits per heavy atom. The molecule has 0 unspecified atom stereocenters. The number of nitrogens with zero attached hydrogens (tertiary/aromatic N) is 4. The first-order chi connectivity index (χ1) is 11.4. The monoisotopic (exact) mass is 331 g/mol. The summed E-state index contributed by atoms with van der Waals surface area (Å²) in [5, 5.41) is 7.08. The highest BCUT2D eigenvalue weighted by molar-refractivity contribution is 5.16. The Morgan fingerprint density at radius 1 is 1.33 bits per heavy atom. The van der Waals surface area contributed by atoms with Crippen molar-refractivity contribution in [2.24, 2.45) is 0 Å². The van der Waals surface area contributed by atoms with Crippen LogP contribution in [0.15, 0.2) is 18.2 Å². The summed E-state index contributed by atoms with van der Waals surface area (Å²) in [6.45, 7) is 11.0. The zero-order valence-electron chi connectivity index (χ0n) is 14.7. The second kappa shape index (κ2) is 6.86. The fourth-order valence-electron chi connectivity index (χ4n) is 2.65. The molecular formula is C17H25N5O2. The van der Waals surface area contributed by atoms with Gasteiger partial charge in [-0.3, -0.25) is 10.00 Å². The highest BCUT2D eigenvalue weighted by Crippen LogP contribution is 2.21. The molecule has 2 aromatic heterocycles. The van der Waals surface area contributed by atoms with Crippen LogP contribution in [0.3, 0.4) is 0 Å². The normalized spacial score (nSPS) is 19.4. The van der Waals surface area contributed by atoms with E-state index in [9.17, 15) is 0 Å². The Labute approximate surface area is 142 Å². The first-order valence-electron chi connectivity index (χ1n) is 8.27. The number of rotatable bonds is 4. The molecule has 0 spiro atoms. The summed E-state index contributed by atoms with van der Waals surface area (Å²) in [7, 11) is 0. The predicted octanol–water partition coefficient (Wildman–Crippen LogP) is 2.26. The van der Waals surface area contributed by atoms with E-state index < -0.39 is 0 Å². The van der Waals surface area contributed by atoms with Gasteiger partial charge in [0.25, 0.3) is 0 Å². The molecule has 0 saturated carbocycles. The van der Waals surface area contributed by atoms with Crippen LogP contribution >= 0.6 is 0 Å². The van der Waals surface area contributed by atoms with E-state index in [1.54, 1.807) is 0 Å². The van der Waals surface area contributed by atoms with Crippen LogP contribution < -0.4 is 4.74 Å². The van der Waals surface area contributed by atoms with Gasteiger partial charge >= 0.3 is 0 Å². The van der Waals surface area contributed by atoms with E-state index in [1.807, 2.05) is 45.9 Å². The van der Waals surface area contributed by atoms with Crippen molar-refractivity contribution in [2.75, 3.05) is 19.7 Å². The zero-order valence-corrected chi connectivity index (χ0v) is 14.7. The average Bonchev–Trinajstić information content (AvgIpc) is 2.93. The van der Waals surface area contributed by atoms with Crippen LogP contribution in [-0.4, -0.2) is 50.4 Å². The maximum absolute atomic E-state index is 5.85. The van der Waals surface area contributed by atoms with Crippen molar-refractivity contribution < 1.29 is 9.47 Å². The van der Waals surface area contributed by atoms with Crippen molar-refractivity contribution in [3.63, 3.8) is 0 Å². The lowest BCUT2D eigenvalue weighted by Gasteiger charge is -2.31. The highest BCUT2D eigenvalue weighted by atomic mass is 16.5. The lowest BCUT2D eigenvalue weighted by molar-refractivity contribution is -0.0374. The minimum atomic E-state index is -0.251. The fraction of sp³-hybridized carbons (Fsp3) is 0.588. The molecule has 1 aliphatic heterocycles. The number of aromatic nitrogens is 4. The van der Waals surface area contributed by atoms with Crippen LogP contribution in [0.5, 0.6) is 5.88 Å². The van der Waals surface area contributed by atoms with E-state index >= 15 is 0 Å². The summed E-state index contributed by atoms with van der Waals surface area (Å²) in [6, 6.07) is 5.91. The molecule has 1 saturated heterocycles. The summed E-state index contributed by atoms with van der Waals surface area (Å²) in [6.07, 6.45) is -0.0993. The molecular weight excluding hydrogens is 306 g/mol. The summed E-state index contributed by atoms with van der Waals surface area (Å²) in [5.41, 5.74) is 0.739. The molecule has 0 aliphatic carbocycles. The fourth-order valence-corrected chi connectivity index (χ4v) is 2.65. The van der Waals surface area contributed by atoms with Gasteiger partial charge in [0.2, 0.25) is 5.88 Å². The minimum absolute atomic E-state index is 0.0993. The molecule has 0 radical (unpaired) electrons. The first kappa shape index (κ1) is 16.9. The molecule has 0 bridgehead atoms. The first-order valence-corrected chi connectivity index (χ1v) is 8.27. The lowest BCUT2D eigenvalue weighted by Crippen LogP contribution is -2.38. The molecule has 0 aromatic carbocycles. The molecule has 1 fully saturated rings. The number of H-pyrrole nitrogens is 1. The largest absolute Gasteiger partial charge is 0.472 e. The molecule has 3 rings (SSSR count). The van der Waals surface area contributed by atoms with Gasteiger partial charge < -0.3 is 9.47 Å². The number of ether oxygens (including phenoxy) is 2. The van der Waals surface area contributed by atoms with Crippen LogP contribution in [0.2, 0.25) is 0 Å². The third kappa shape index (κ3) is 4.52. The summed E-state index contributed by atoms with van der Waals surface area (Å²) in [5.74, 6) is 2.18. The summed E-state index contributed by atoms with van der Waals surface area (Å²) < 4.78 is 11.6. The third-order valence-electron chi connectivity index (χ3n) is 3.63. The van der Waals surface area contributed by atoms with Gasteiger partial charge in [-0.25, -0.2) is 9.97 Å². The van der Waals surface area contributed by atoms with Gasteiger partial charge in [-0.1, -0.05) is 6.07 Å². The van der Waals surface area contributed by atoms with Crippen LogP contribution in [0.25, 0.3) is 0 Å². The molecule has 7 heteroatoms. The molecule has 24 heavy (non-hydrogen) atoms. The number of aryl methyl sites for hydroxylation is 1. The van der Waals surface area contributed by atoms with Crippen molar-refractivity contribution >= 4 is 0 Å². The maximum Gasteiger partial charge on any atom is 0.213 e. The highest BCUT2D eigenvalue weighted by Gasteiger charge is 2.25. The van der Waals surface area contributed by atoms with Gasteiger partial charge in [0.1, 0.15) is 17.5 Å². The molecule has 2 aromatic rings. The zero-order chi connectivity index (χ0) is 17.2.